The largest absolute Gasteiger partial charge is 0.493 e. The van der Waals surface area contributed by atoms with Crippen molar-refractivity contribution in [2.45, 2.75) is 6.92 Å². The number of H-pyrrole nitrogens is 1. The van der Waals surface area contributed by atoms with E-state index in [1.807, 2.05) is 49.4 Å². The highest BCUT2D eigenvalue weighted by Crippen LogP contribution is 2.33. The minimum absolute atomic E-state index is 0.100. The van der Waals surface area contributed by atoms with Crippen LogP contribution in [0.15, 0.2) is 53.3 Å². The Morgan fingerprint density at radius 1 is 0.962 bits per heavy atom. The van der Waals surface area contributed by atoms with E-state index >= 15 is 0 Å². The molecule has 0 atom stereocenters. The first kappa shape index (κ1) is 17.3. The van der Waals surface area contributed by atoms with Gasteiger partial charge in [0.2, 0.25) is 0 Å². The number of pyridine rings is 1. The number of methoxy groups -OCH3 is 2. The van der Waals surface area contributed by atoms with Crippen molar-refractivity contribution >= 4 is 0 Å². The molecule has 0 aliphatic carbocycles. The smallest absolute Gasteiger partial charge is 0.266 e. The molecule has 1 heterocycles. The van der Waals surface area contributed by atoms with E-state index in [4.69, 9.17) is 9.47 Å². The summed E-state index contributed by atoms with van der Waals surface area (Å²) in [7, 11) is 3.12. The van der Waals surface area contributed by atoms with E-state index in [9.17, 15) is 10.1 Å². The maximum atomic E-state index is 12.5. The molecule has 0 aliphatic heterocycles. The van der Waals surface area contributed by atoms with Crippen molar-refractivity contribution in [3.05, 3.63) is 70.0 Å². The van der Waals surface area contributed by atoms with E-state index < -0.39 is 5.56 Å². The highest BCUT2D eigenvalue weighted by molar-refractivity contribution is 5.77. The number of nitrogens with zero attached hydrogens (tertiary/aromatic N) is 1. The van der Waals surface area contributed by atoms with Crippen LogP contribution < -0.4 is 15.0 Å². The summed E-state index contributed by atoms with van der Waals surface area (Å²) < 4.78 is 10.6. The molecular formula is C21H18N2O3. The second-order valence-corrected chi connectivity index (χ2v) is 5.80. The molecule has 0 radical (unpaired) electrons. The lowest BCUT2D eigenvalue weighted by Crippen LogP contribution is -2.13. The van der Waals surface area contributed by atoms with Crippen molar-refractivity contribution in [1.29, 1.82) is 5.26 Å². The Morgan fingerprint density at radius 2 is 1.69 bits per heavy atom. The first-order chi connectivity index (χ1) is 12.6. The summed E-state index contributed by atoms with van der Waals surface area (Å²) in [6, 6.07) is 16.9. The number of aryl methyl sites for hydroxylation is 1. The van der Waals surface area contributed by atoms with Crippen LogP contribution in [0.1, 0.15) is 11.1 Å². The van der Waals surface area contributed by atoms with Gasteiger partial charge in [0.25, 0.3) is 5.56 Å². The molecule has 0 aliphatic rings. The van der Waals surface area contributed by atoms with Crippen molar-refractivity contribution < 1.29 is 9.47 Å². The number of aromatic nitrogens is 1. The molecule has 2 aromatic carbocycles. The number of rotatable bonds is 4. The second-order valence-electron chi connectivity index (χ2n) is 5.80. The Morgan fingerprint density at radius 3 is 2.35 bits per heavy atom. The fourth-order valence-corrected chi connectivity index (χ4v) is 2.92. The lowest BCUT2D eigenvalue weighted by Gasteiger charge is -2.12. The zero-order chi connectivity index (χ0) is 18.7. The minimum atomic E-state index is -0.418. The van der Waals surface area contributed by atoms with Crippen LogP contribution in [0.25, 0.3) is 22.4 Å². The normalized spacial score (nSPS) is 10.2. The van der Waals surface area contributed by atoms with Gasteiger partial charge in [-0.2, -0.15) is 5.26 Å². The molecule has 0 saturated carbocycles. The van der Waals surface area contributed by atoms with E-state index in [-0.39, 0.29) is 5.56 Å². The van der Waals surface area contributed by atoms with Crippen LogP contribution in [0.2, 0.25) is 0 Å². The average molecular weight is 346 g/mol. The van der Waals surface area contributed by atoms with Crippen molar-refractivity contribution in [1.82, 2.24) is 4.98 Å². The SMILES string of the molecule is COc1ccc(-c2cc(-c3ccccc3C)c(C#N)c(=O)[nH]2)cc1OC. The maximum absolute atomic E-state index is 12.5. The fraction of sp³-hybridized carbons (Fsp3) is 0.143. The Balaban J connectivity index is 2.24. The number of nitriles is 1. The van der Waals surface area contributed by atoms with Crippen molar-refractivity contribution in [3.8, 4) is 40.0 Å². The number of hydrogen-bond donors (Lipinski definition) is 1. The Labute approximate surface area is 151 Å². The maximum Gasteiger partial charge on any atom is 0.266 e. The molecule has 0 saturated heterocycles. The number of nitrogens with one attached hydrogen (secondary N) is 1. The van der Waals surface area contributed by atoms with Crippen LogP contribution in [0, 0.1) is 18.3 Å². The van der Waals surface area contributed by atoms with Gasteiger partial charge in [-0.25, -0.2) is 0 Å². The third kappa shape index (κ3) is 3.05. The van der Waals surface area contributed by atoms with E-state index in [0.29, 0.717) is 22.8 Å². The van der Waals surface area contributed by atoms with Crippen LogP contribution in [-0.2, 0) is 0 Å². The van der Waals surface area contributed by atoms with Crippen molar-refractivity contribution in [2.75, 3.05) is 14.2 Å². The molecule has 0 amide bonds. The highest BCUT2D eigenvalue weighted by Gasteiger charge is 2.15. The molecule has 26 heavy (non-hydrogen) atoms. The molecule has 1 N–H and O–H groups in total. The van der Waals surface area contributed by atoms with Crippen LogP contribution in [0.5, 0.6) is 11.5 Å². The van der Waals surface area contributed by atoms with Gasteiger partial charge in [0, 0.05) is 16.8 Å². The third-order valence-corrected chi connectivity index (χ3v) is 4.27. The van der Waals surface area contributed by atoms with Gasteiger partial charge in [0.05, 0.1) is 14.2 Å². The molecule has 3 rings (SSSR count). The molecule has 130 valence electrons. The van der Waals surface area contributed by atoms with Crippen molar-refractivity contribution in [3.63, 3.8) is 0 Å². The number of benzene rings is 2. The first-order valence-corrected chi connectivity index (χ1v) is 8.05. The van der Waals surface area contributed by atoms with Crippen molar-refractivity contribution in [2.24, 2.45) is 0 Å². The van der Waals surface area contributed by atoms with Crippen LogP contribution >= 0.6 is 0 Å². The zero-order valence-electron chi connectivity index (χ0n) is 14.8. The summed E-state index contributed by atoms with van der Waals surface area (Å²) in [5.41, 5.74) is 3.51. The molecule has 0 fully saturated rings. The van der Waals surface area contributed by atoms with Gasteiger partial charge >= 0.3 is 0 Å². The topological polar surface area (TPSA) is 75.1 Å². The van der Waals surface area contributed by atoms with Gasteiger partial charge in [0.1, 0.15) is 11.6 Å². The predicted octanol–water partition coefficient (Wildman–Crippen LogP) is 3.91. The standard InChI is InChI=1S/C21H18N2O3/c1-13-6-4-5-7-15(13)16-11-18(23-21(24)17(16)12-22)14-8-9-19(25-2)20(10-14)26-3/h4-11H,1-3H3,(H,23,24). The van der Waals surface area contributed by atoms with Gasteiger partial charge < -0.3 is 14.5 Å². The van der Waals surface area contributed by atoms with E-state index in [1.165, 1.54) is 0 Å². The molecule has 0 unspecified atom stereocenters. The summed E-state index contributed by atoms with van der Waals surface area (Å²) in [6.07, 6.45) is 0. The molecular weight excluding hydrogens is 328 g/mol. The number of ether oxygens (including phenoxy) is 2. The van der Waals surface area contributed by atoms with Gasteiger partial charge in [-0.05, 0) is 42.3 Å². The third-order valence-electron chi connectivity index (χ3n) is 4.27. The molecule has 0 spiro atoms. The predicted molar refractivity (Wildman–Crippen MR) is 100 cm³/mol. The molecule has 0 bridgehead atoms. The molecule has 1 aromatic heterocycles. The molecule has 3 aromatic rings. The quantitative estimate of drug-likeness (QED) is 0.777. The Hall–Kier alpha value is -3.52. The van der Waals surface area contributed by atoms with Gasteiger partial charge in [-0.15, -0.1) is 0 Å². The molecule has 5 nitrogen and oxygen atoms in total. The van der Waals surface area contributed by atoms with E-state index in [0.717, 1.165) is 16.7 Å². The zero-order valence-corrected chi connectivity index (χ0v) is 14.8. The lowest BCUT2D eigenvalue weighted by atomic mass is 9.96. The Kier molecular flexibility index (Phi) is 4.76. The summed E-state index contributed by atoms with van der Waals surface area (Å²) in [6.45, 7) is 1.95. The summed E-state index contributed by atoms with van der Waals surface area (Å²) >= 11 is 0. The summed E-state index contributed by atoms with van der Waals surface area (Å²) in [5, 5.41) is 9.46. The Bertz CT molecular complexity index is 1060. The monoisotopic (exact) mass is 346 g/mol. The highest BCUT2D eigenvalue weighted by atomic mass is 16.5. The van der Waals surface area contributed by atoms with Gasteiger partial charge in [-0.1, -0.05) is 24.3 Å². The van der Waals surface area contributed by atoms with E-state index in [2.05, 4.69) is 4.98 Å². The summed E-state index contributed by atoms with van der Waals surface area (Å²) in [5.74, 6) is 1.17. The lowest BCUT2D eigenvalue weighted by molar-refractivity contribution is 0.355. The number of aromatic amines is 1. The fourth-order valence-electron chi connectivity index (χ4n) is 2.92. The van der Waals surface area contributed by atoms with Crippen LogP contribution in [-0.4, -0.2) is 19.2 Å². The van der Waals surface area contributed by atoms with E-state index in [1.54, 1.807) is 26.4 Å². The average Bonchev–Trinajstić information content (AvgIpc) is 2.67. The molecule has 5 heteroatoms. The number of hydrogen-bond acceptors (Lipinski definition) is 4. The van der Waals surface area contributed by atoms with Gasteiger partial charge in [-0.3, -0.25) is 4.79 Å². The van der Waals surface area contributed by atoms with Crippen LogP contribution in [0.4, 0.5) is 0 Å². The summed E-state index contributed by atoms with van der Waals surface area (Å²) in [4.78, 5) is 15.3. The first-order valence-electron chi connectivity index (χ1n) is 8.05. The van der Waals surface area contributed by atoms with Crippen LogP contribution in [0.3, 0.4) is 0 Å². The van der Waals surface area contributed by atoms with Gasteiger partial charge in [0.15, 0.2) is 11.5 Å². The second kappa shape index (κ2) is 7.16. The minimum Gasteiger partial charge on any atom is -0.493 e.